The molecule has 4 rings (SSSR count). The molecule has 7 nitrogen and oxygen atoms in total. The third-order valence-electron chi connectivity index (χ3n) is 9.28. The smallest absolute Gasteiger partial charge is 0.302 e. The Hall–Kier alpha value is -1.41. The number of fused-ring (bicyclic) bond motifs is 5. The van der Waals surface area contributed by atoms with Gasteiger partial charge in [-0.05, 0) is 48.9 Å². The van der Waals surface area contributed by atoms with Gasteiger partial charge in [0.25, 0.3) is 0 Å². The molecule has 0 amide bonds. The van der Waals surface area contributed by atoms with Crippen molar-refractivity contribution in [2.45, 2.75) is 83.8 Å². The van der Waals surface area contributed by atoms with Crippen LogP contribution in [0.25, 0.3) is 0 Å². The van der Waals surface area contributed by atoms with Crippen molar-refractivity contribution in [3.8, 4) is 0 Å². The first-order valence-electron chi connectivity index (χ1n) is 12.3. The van der Waals surface area contributed by atoms with Gasteiger partial charge in [0, 0.05) is 44.6 Å². The van der Waals surface area contributed by atoms with Gasteiger partial charge in [0.15, 0.2) is 0 Å². The van der Waals surface area contributed by atoms with E-state index in [1.807, 2.05) is 0 Å². The topological polar surface area (TPSA) is 99.1 Å². The van der Waals surface area contributed by atoms with Crippen LogP contribution in [0.5, 0.6) is 0 Å². The van der Waals surface area contributed by atoms with Crippen molar-refractivity contribution in [1.29, 1.82) is 0 Å². The number of carbonyl (C=O) groups excluding carboxylic acids is 3. The van der Waals surface area contributed by atoms with Crippen LogP contribution < -0.4 is 0 Å². The van der Waals surface area contributed by atoms with Crippen LogP contribution in [0.1, 0.15) is 66.7 Å². The number of allylic oxidation sites excluding steroid dienone is 1. The molecule has 0 aliphatic heterocycles. The van der Waals surface area contributed by atoms with Gasteiger partial charge in [-0.25, -0.2) is 0 Å². The molecule has 0 aromatic carbocycles. The zero-order valence-electron chi connectivity index (χ0n) is 20.8. The highest BCUT2D eigenvalue weighted by Gasteiger charge is 2.72. The maximum Gasteiger partial charge on any atom is 0.302 e. The number of aliphatic hydroxyl groups is 1. The van der Waals surface area contributed by atoms with Crippen molar-refractivity contribution in [2.75, 3.05) is 13.2 Å². The fourth-order valence-electron chi connectivity index (χ4n) is 7.60. The molecule has 0 bridgehead atoms. The number of hydrogen-bond acceptors (Lipinski definition) is 7. The van der Waals surface area contributed by atoms with Crippen LogP contribution in [0.3, 0.4) is 0 Å². The lowest BCUT2D eigenvalue weighted by molar-refractivity contribution is -0.167. The van der Waals surface area contributed by atoms with E-state index in [0.717, 1.165) is 25.7 Å². The molecule has 9 atom stereocenters. The van der Waals surface area contributed by atoms with Crippen LogP contribution in [0.2, 0.25) is 0 Å². The Kier molecular flexibility index (Phi) is 6.73. The number of carbonyl (C=O) groups is 3. The van der Waals surface area contributed by atoms with Gasteiger partial charge >= 0.3 is 17.9 Å². The van der Waals surface area contributed by atoms with Crippen LogP contribution in [-0.2, 0) is 28.6 Å². The minimum Gasteiger partial charge on any atom is -0.465 e. The highest BCUT2D eigenvalue weighted by Crippen LogP contribution is 2.74. The summed E-state index contributed by atoms with van der Waals surface area (Å²) in [5.74, 6) is -0.565. The SMILES string of the molecule is CC(=O)OC[C@H](Br)[C@]1(C)CC=C2[C@@H](C1)[C@H](OC(C)=O)C[C@@H]1[C@]3(CO)C[C@H]3[C@H](OC(C)=O)C[C@@]21C. The molecule has 0 saturated heterocycles. The fraction of sp³-hybridized carbons (Fsp3) is 0.808. The minimum absolute atomic E-state index is 0.0188. The Morgan fingerprint density at radius 2 is 1.71 bits per heavy atom. The summed E-state index contributed by atoms with van der Waals surface area (Å²) in [5.41, 5.74) is 0.517. The van der Waals surface area contributed by atoms with Gasteiger partial charge in [0.2, 0.25) is 0 Å². The Labute approximate surface area is 210 Å². The van der Waals surface area contributed by atoms with Crippen molar-refractivity contribution in [3.63, 3.8) is 0 Å². The quantitative estimate of drug-likeness (QED) is 0.235. The molecule has 190 valence electrons. The summed E-state index contributed by atoms with van der Waals surface area (Å²) in [6, 6.07) is 0. The van der Waals surface area contributed by atoms with Gasteiger partial charge in [0.05, 0.1) is 4.83 Å². The van der Waals surface area contributed by atoms with E-state index in [-0.39, 0.29) is 82.2 Å². The predicted molar refractivity (Wildman–Crippen MR) is 128 cm³/mol. The number of esters is 3. The second kappa shape index (κ2) is 8.91. The zero-order chi connectivity index (χ0) is 25.1. The van der Waals surface area contributed by atoms with Gasteiger partial charge in [0.1, 0.15) is 18.8 Å². The number of rotatable bonds is 6. The first-order valence-corrected chi connectivity index (χ1v) is 13.2. The van der Waals surface area contributed by atoms with Crippen molar-refractivity contribution in [2.24, 2.45) is 34.0 Å². The molecule has 3 saturated carbocycles. The maximum atomic E-state index is 12.1. The summed E-state index contributed by atoms with van der Waals surface area (Å²) in [5, 5.41) is 10.5. The van der Waals surface area contributed by atoms with Gasteiger partial charge in [-0.3, -0.25) is 14.4 Å². The summed E-state index contributed by atoms with van der Waals surface area (Å²) < 4.78 is 17.0. The van der Waals surface area contributed by atoms with Crippen molar-refractivity contribution >= 4 is 33.8 Å². The fourth-order valence-corrected chi connectivity index (χ4v) is 8.10. The molecule has 4 aliphatic carbocycles. The monoisotopic (exact) mass is 540 g/mol. The van der Waals surface area contributed by atoms with Crippen molar-refractivity contribution < 1.29 is 33.7 Å². The van der Waals surface area contributed by atoms with Gasteiger partial charge in [-0.1, -0.05) is 41.4 Å². The van der Waals surface area contributed by atoms with E-state index < -0.39 is 0 Å². The average molecular weight is 541 g/mol. The summed E-state index contributed by atoms with van der Waals surface area (Å²) in [7, 11) is 0. The third kappa shape index (κ3) is 4.23. The van der Waals surface area contributed by atoms with Crippen LogP contribution in [-0.4, -0.2) is 53.3 Å². The molecule has 0 radical (unpaired) electrons. The van der Waals surface area contributed by atoms with E-state index in [4.69, 9.17) is 14.2 Å². The summed E-state index contributed by atoms with van der Waals surface area (Å²) in [4.78, 5) is 35.3. The number of alkyl halides is 1. The van der Waals surface area contributed by atoms with Crippen LogP contribution in [0.15, 0.2) is 11.6 Å². The average Bonchev–Trinajstić information content (AvgIpc) is 3.49. The van der Waals surface area contributed by atoms with Crippen LogP contribution in [0.4, 0.5) is 0 Å². The lowest BCUT2D eigenvalue weighted by Crippen LogP contribution is -2.56. The van der Waals surface area contributed by atoms with Gasteiger partial charge in [-0.15, -0.1) is 0 Å². The lowest BCUT2D eigenvalue weighted by Gasteiger charge is -2.59. The Morgan fingerprint density at radius 3 is 2.29 bits per heavy atom. The molecular formula is C26H37BrO7. The largest absolute Gasteiger partial charge is 0.465 e. The normalized spacial score (nSPS) is 43.3. The highest BCUT2D eigenvalue weighted by atomic mass is 79.9. The van der Waals surface area contributed by atoms with E-state index in [0.29, 0.717) is 6.42 Å². The van der Waals surface area contributed by atoms with E-state index in [1.54, 1.807) is 0 Å². The maximum absolute atomic E-state index is 12.1. The van der Waals surface area contributed by atoms with Crippen molar-refractivity contribution in [1.82, 2.24) is 0 Å². The molecular weight excluding hydrogens is 504 g/mol. The molecule has 4 aliphatic rings. The molecule has 0 spiro atoms. The first-order chi connectivity index (χ1) is 15.9. The summed E-state index contributed by atoms with van der Waals surface area (Å²) in [6.07, 6.45) is 5.62. The lowest BCUT2D eigenvalue weighted by atomic mass is 9.48. The number of aliphatic hydroxyl groups excluding tert-OH is 1. The number of hydrogen-bond donors (Lipinski definition) is 1. The molecule has 0 unspecified atom stereocenters. The predicted octanol–water partition coefficient (Wildman–Crippen LogP) is 3.95. The second-order valence-corrected chi connectivity index (χ2v) is 12.6. The second-order valence-electron chi connectivity index (χ2n) is 11.5. The number of ether oxygens (including phenoxy) is 3. The standard InChI is InChI=1S/C26H37BrO7/c1-14(29)32-12-23(27)24(4)7-6-18-17(9-24)20(33-15(2)30)8-22-25(18,5)11-21(34-16(3)31)19-10-26(19,22)13-28/h6,17,19-23,28H,7-13H2,1-5H3/t17-,19+,20-,21-,22+,23+,24-,25+,26+/m1/s1. The summed E-state index contributed by atoms with van der Waals surface area (Å²) in [6.45, 7) is 9.06. The van der Waals surface area contributed by atoms with Crippen LogP contribution >= 0.6 is 15.9 Å². The zero-order valence-corrected chi connectivity index (χ0v) is 22.4. The highest BCUT2D eigenvalue weighted by molar-refractivity contribution is 9.09. The molecule has 8 heteroatoms. The molecule has 0 heterocycles. The molecule has 0 aromatic rings. The molecule has 0 aromatic heterocycles. The molecule has 1 N–H and O–H groups in total. The molecule has 3 fully saturated rings. The third-order valence-corrected chi connectivity index (χ3v) is 10.7. The summed E-state index contributed by atoms with van der Waals surface area (Å²) >= 11 is 3.76. The van der Waals surface area contributed by atoms with Crippen LogP contribution in [0, 0.1) is 34.0 Å². The Morgan fingerprint density at radius 1 is 1.06 bits per heavy atom. The number of halogens is 1. The van der Waals surface area contributed by atoms with Gasteiger partial charge < -0.3 is 19.3 Å². The first kappa shape index (κ1) is 25.7. The van der Waals surface area contributed by atoms with Crippen molar-refractivity contribution in [3.05, 3.63) is 11.6 Å². The van der Waals surface area contributed by atoms with Gasteiger partial charge in [-0.2, -0.15) is 0 Å². The Bertz CT molecular complexity index is 902. The minimum atomic E-state index is -0.307. The van der Waals surface area contributed by atoms with E-state index in [2.05, 4.69) is 35.9 Å². The van der Waals surface area contributed by atoms with E-state index >= 15 is 0 Å². The molecule has 34 heavy (non-hydrogen) atoms. The Balaban J connectivity index is 1.70. The van der Waals surface area contributed by atoms with E-state index in [9.17, 15) is 19.5 Å². The van der Waals surface area contributed by atoms with E-state index in [1.165, 1.54) is 26.3 Å².